The number of rotatable bonds is 2. The summed E-state index contributed by atoms with van der Waals surface area (Å²) in [5.74, 6) is 0. The average molecular weight is 164 g/mol. The fourth-order valence-electron chi connectivity index (χ4n) is 1.33. The molecule has 0 unspecified atom stereocenters. The highest BCUT2D eigenvalue weighted by atomic mass is 16.2. The van der Waals surface area contributed by atoms with Crippen LogP contribution in [-0.4, -0.2) is 6.61 Å². The van der Waals surface area contributed by atoms with Crippen LogP contribution >= 0.6 is 0 Å². The summed E-state index contributed by atoms with van der Waals surface area (Å²) in [5.41, 5.74) is 9.83. The standard InChI is InChI=1S/C10H14NO/c1-7-5-9(3-4-12)6-8(2)10(7)11/h5-6H,3-4,11H2,1-2H3. The Morgan fingerprint density at radius 1 is 1.25 bits per heavy atom. The van der Waals surface area contributed by atoms with E-state index in [1.54, 1.807) is 0 Å². The lowest BCUT2D eigenvalue weighted by atomic mass is 10.0. The van der Waals surface area contributed by atoms with E-state index >= 15 is 0 Å². The average Bonchev–Trinajstić information content (AvgIpc) is 2.01. The highest BCUT2D eigenvalue weighted by Gasteiger charge is 2.00. The van der Waals surface area contributed by atoms with Crippen molar-refractivity contribution in [2.75, 3.05) is 12.3 Å². The smallest absolute Gasteiger partial charge is 0.0862 e. The minimum Gasteiger partial charge on any atom is -0.398 e. The van der Waals surface area contributed by atoms with Gasteiger partial charge < -0.3 is 5.73 Å². The van der Waals surface area contributed by atoms with Crippen molar-refractivity contribution in [3.63, 3.8) is 0 Å². The number of hydrogen-bond acceptors (Lipinski definition) is 1. The molecule has 1 rings (SSSR count). The van der Waals surface area contributed by atoms with Crippen molar-refractivity contribution >= 4 is 5.69 Å². The molecule has 65 valence electrons. The molecule has 0 aliphatic heterocycles. The van der Waals surface area contributed by atoms with Crippen LogP contribution in [0.1, 0.15) is 16.7 Å². The van der Waals surface area contributed by atoms with E-state index in [9.17, 15) is 5.11 Å². The first-order chi connectivity index (χ1) is 5.65. The number of nitrogen functional groups attached to an aromatic ring is 1. The molecule has 12 heavy (non-hydrogen) atoms. The van der Waals surface area contributed by atoms with Gasteiger partial charge in [-0.05, 0) is 37.0 Å². The monoisotopic (exact) mass is 164 g/mol. The van der Waals surface area contributed by atoms with E-state index in [2.05, 4.69) is 0 Å². The van der Waals surface area contributed by atoms with Gasteiger partial charge in [0.15, 0.2) is 0 Å². The van der Waals surface area contributed by atoms with Gasteiger partial charge in [-0.15, -0.1) is 0 Å². The number of aryl methyl sites for hydroxylation is 2. The van der Waals surface area contributed by atoms with E-state index in [1.165, 1.54) is 0 Å². The van der Waals surface area contributed by atoms with Crippen molar-refractivity contribution in [2.45, 2.75) is 20.3 Å². The van der Waals surface area contributed by atoms with Gasteiger partial charge in [0.25, 0.3) is 0 Å². The van der Waals surface area contributed by atoms with Gasteiger partial charge >= 0.3 is 0 Å². The second-order valence-electron chi connectivity index (χ2n) is 3.10. The quantitative estimate of drug-likeness (QED) is 0.666. The molecule has 0 aliphatic carbocycles. The molecule has 1 aromatic carbocycles. The van der Waals surface area contributed by atoms with E-state index in [4.69, 9.17) is 5.73 Å². The van der Waals surface area contributed by atoms with Gasteiger partial charge in [0.2, 0.25) is 0 Å². The van der Waals surface area contributed by atoms with Crippen LogP contribution in [0.5, 0.6) is 0 Å². The van der Waals surface area contributed by atoms with Crippen molar-refractivity contribution < 1.29 is 5.11 Å². The topological polar surface area (TPSA) is 45.9 Å². The minimum absolute atomic E-state index is 0.0528. The van der Waals surface area contributed by atoms with Crippen molar-refractivity contribution in [1.29, 1.82) is 0 Å². The van der Waals surface area contributed by atoms with Crippen LogP contribution in [-0.2, 0) is 11.5 Å². The lowest BCUT2D eigenvalue weighted by molar-refractivity contribution is 0.197. The van der Waals surface area contributed by atoms with Crippen LogP contribution in [0.4, 0.5) is 5.69 Å². The molecule has 0 aromatic heterocycles. The zero-order chi connectivity index (χ0) is 9.14. The maximum atomic E-state index is 10.4. The Kier molecular flexibility index (Phi) is 2.71. The number of hydrogen-bond donors (Lipinski definition) is 1. The summed E-state index contributed by atoms with van der Waals surface area (Å²) in [7, 11) is 0. The van der Waals surface area contributed by atoms with Crippen LogP contribution < -0.4 is 5.73 Å². The summed E-state index contributed by atoms with van der Waals surface area (Å²) in [4.78, 5) is 0. The van der Waals surface area contributed by atoms with Gasteiger partial charge in [0.1, 0.15) is 0 Å². The molecule has 0 amide bonds. The highest BCUT2D eigenvalue weighted by molar-refractivity contribution is 5.54. The summed E-state index contributed by atoms with van der Waals surface area (Å²) in [6.45, 7) is 3.88. The van der Waals surface area contributed by atoms with Crippen molar-refractivity contribution in [3.8, 4) is 0 Å². The Hall–Kier alpha value is -1.02. The minimum atomic E-state index is -0.0528. The van der Waals surface area contributed by atoms with Gasteiger partial charge in [-0.1, -0.05) is 12.1 Å². The molecule has 0 spiro atoms. The molecule has 0 saturated carbocycles. The third-order valence-corrected chi connectivity index (χ3v) is 2.04. The first kappa shape index (κ1) is 9.07. The van der Waals surface area contributed by atoms with E-state index in [1.807, 2.05) is 26.0 Å². The normalized spacial score (nSPS) is 10.2. The Labute approximate surface area is 73.0 Å². The highest BCUT2D eigenvalue weighted by Crippen LogP contribution is 2.18. The third kappa shape index (κ3) is 1.77. The van der Waals surface area contributed by atoms with E-state index in [0.717, 1.165) is 22.4 Å². The number of benzene rings is 1. The maximum Gasteiger partial charge on any atom is 0.0862 e. The van der Waals surface area contributed by atoms with Gasteiger partial charge in [0.05, 0.1) is 6.61 Å². The Balaban J connectivity index is 3.04. The maximum absolute atomic E-state index is 10.4. The molecule has 0 bridgehead atoms. The van der Waals surface area contributed by atoms with Crippen molar-refractivity contribution in [1.82, 2.24) is 0 Å². The summed E-state index contributed by atoms with van der Waals surface area (Å²) in [6, 6.07) is 3.97. The van der Waals surface area contributed by atoms with Crippen LogP contribution in [0, 0.1) is 13.8 Å². The lowest BCUT2D eigenvalue weighted by Crippen LogP contribution is -1.97. The fourth-order valence-corrected chi connectivity index (χ4v) is 1.33. The first-order valence-corrected chi connectivity index (χ1v) is 4.09. The zero-order valence-electron chi connectivity index (χ0n) is 7.55. The molecular weight excluding hydrogens is 150 g/mol. The summed E-state index contributed by atoms with van der Waals surface area (Å²) in [5, 5.41) is 10.4. The lowest BCUT2D eigenvalue weighted by Gasteiger charge is -2.07. The molecule has 0 fully saturated rings. The molecule has 0 aliphatic rings. The molecular formula is C10H14NO. The predicted octanol–water partition coefficient (Wildman–Crippen LogP) is 1.86. The SMILES string of the molecule is Cc1cc(CC[O])cc(C)c1N. The first-order valence-electron chi connectivity index (χ1n) is 4.09. The van der Waals surface area contributed by atoms with Crippen LogP contribution in [0.2, 0.25) is 0 Å². The number of anilines is 1. The fraction of sp³-hybridized carbons (Fsp3) is 0.400. The van der Waals surface area contributed by atoms with Gasteiger partial charge in [0, 0.05) is 5.69 Å². The second kappa shape index (κ2) is 3.59. The molecule has 1 aromatic rings. The molecule has 0 heterocycles. The van der Waals surface area contributed by atoms with E-state index in [-0.39, 0.29) is 6.61 Å². The van der Waals surface area contributed by atoms with Crippen molar-refractivity contribution in [3.05, 3.63) is 28.8 Å². The molecule has 1 radical (unpaired) electrons. The summed E-state index contributed by atoms with van der Waals surface area (Å²) in [6.07, 6.45) is 0.599. The van der Waals surface area contributed by atoms with Crippen molar-refractivity contribution in [2.24, 2.45) is 0 Å². The van der Waals surface area contributed by atoms with E-state index in [0.29, 0.717) is 6.42 Å². The van der Waals surface area contributed by atoms with Crippen LogP contribution in [0.3, 0.4) is 0 Å². The van der Waals surface area contributed by atoms with Gasteiger partial charge in [-0.2, -0.15) is 0 Å². The third-order valence-electron chi connectivity index (χ3n) is 2.04. The molecule has 2 N–H and O–H groups in total. The second-order valence-corrected chi connectivity index (χ2v) is 3.10. The molecule has 0 atom stereocenters. The largest absolute Gasteiger partial charge is 0.398 e. The van der Waals surface area contributed by atoms with E-state index < -0.39 is 0 Å². The van der Waals surface area contributed by atoms with Crippen LogP contribution in [0.25, 0.3) is 0 Å². The predicted molar refractivity (Wildman–Crippen MR) is 49.6 cm³/mol. The summed E-state index contributed by atoms with van der Waals surface area (Å²) >= 11 is 0. The van der Waals surface area contributed by atoms with Gasteiger partial charge in [-0.25, -0.2) is 5.11 Å². The Morgan fingerprint density at radius 3 is 2.17 bits per heavy atom. The summed E-state index contributed by atoms with van der Waals surface area (Å²) < 4.78 is 0. The number of nitrogens with two attached hydrogens (primary N) is 1. The molecule has 0 saturated heterocycles. The van der Waals surface area contributed by atoms with Gasteiger partial charge in [-0.3, -0.25) is 0 Å². The Bertz CT molecular complexity index is 258. The van der Waals surface area contributed by atoms with Crippen LogP contribution in [0.15, 0.2) is 12.1 Å². The molecule has 2 nitrogen and oxygen atoms in total. The zero-order valence-corrected chi connectivity index (χ0v) is 7.55. The Morgan fingerprint density at radius 2 is 1.75 bits per heavy atom. The molecule has 2 heteroatoms.